The zero-order valence-electron chi connectivity index (χ0n) is 10.4. The van der Waals surface area contributed by atoms with Crippen LogP contribution in [0.4, 0.5) is 5.69 Å². The Kier molecular flexibility index (Phi) is 2.71. The molecule has 1 unspecified atom stereocenters. The summed E-state index contributed by atoms with van der Waals surface area (Å²) in [6, 6.07) is 6.45. The number of rotatable bonds is 2. The minimum atomic E-state index is -0.0388. The van der Waals surface area contributed by atoms with Crippen molar-refractivity contribution in [3.05, 3.63) is 23.8 Å². The van der Waals surface area contributed by atoms with Crippen LogP contribution in [0.1, 0.15) is 25.3 Å². The third kappa shape index (κ3) is 2.25. The molecular weight excluding hydrogens is 212 g/mol. The van der Waals surface area contributed by atoms with E-state index in [0.29, 0.717) is 0 Å². The van der Waals surface area contributed by atoms with Crippen LogP contribution in [0.2, 0.25) is 0 Å². The number of hydrogen-bond acceptors (Lipinski definition) is 3. The van der Waals surface area contributed by atoms with Gasteiger partial charge in [0.05, 0.1) is 0 Å². The Bertz CT molecular complexity index is 411. The van der Waals surface area contributed by atoms with E-state index in [-0.39, 0.29) is 5.60 Å². The number of hydrogen-bond donors (Lipinski definition) is 2. The summed E-state index contributed by atoms with van der Waals surface area (Å²) in [6.07, 6.45) is 3.49. The molecule has 92 valence electrons. The molecule has 3 rings (SSSR count). The van der Waals surface area contributed by atoms with Gasteiger partial charge in [-0.3, -0.25) is 0 Å². The second-order valence-corrected chi connectivity index (χ2v) is 5.33. The first kappa shape index (κ1) is 10.9. The average molecular weight is 232 g/mol. The number of fused-ring (bicyclic) bond motifs is 1. The van der Waals surface area contributed by atoms with Gasteiger partial charge in [-0.05, 0) is 37.9 Å². The van der Waals surface area contributed by atoms with Gasteiger partial charge < -0.3 is 15.4 Å². The summed E-state index contributed by atoms with van der Waals surface area (Å²) in [5.74, 6) is 0.990. The summed E-state index contributed by atoms with van der Waals surface area (Å²) < 4.78 is 6.13. The molecule has 17 heavy (non-hydrogen) atoms. The third-order valence-electron chi connectivity index (χ3n) is 3.71. The van der Waals surface area contributed by atoms with Crippen molar-refractivity contribution in [1.29, 1.82) is 0 Å². The number of benzene rings is 1. The van der Waals surface area contributed by atoms with Crippen LogP contribution in [0.3, 0.4) is 0 Å². The van der Waals surface area contributed by atoms with Crippen molar-refractivity contribution in [2.24, 2.45) is 0 Å². The molecule has 2 N–H and O–H groups in total. The Balaban J connectivity index is 1.79. The highest BCUT2D eigenvalue weighted by Crippen LogP contribution is 2.30. The Morgan fingerprint density at radius 2 is 2.24 bits per heavy atom. The van der Waals surface area contributed by atoms with Gasteiger partial charge in [-0.25, -0.2) is 0 Å². The van der Waals surface area contributed by atoms with Gasteiger partial charge in [-0.2, -0.15) is 0 Å². The van der Waals surface area contributed by atoms with Gasteiger partial charge in [-0.1, -0.05) is 6.07 Å². The molecule has 1 fully saturated rings. The van der Waals surface area contributed by atoms with E-state index in [2.05, 4.69) is 35.8 Å². The molecule has 0 aromatic heterocycles. The van der Waals surface area contributed by atoms with E-state index in [4.69, 9.17) is 4.74 Å². The van der Waals surface area contributed by atoms with Crippen molar-refractivity contribution in [3.63, 3.8) is 0 Å². The summed E-state index contributed by atoms with van der Waals surface area (Å²) >= 11 is 0. The van der Waals surface area contributed by atoms with Gasteiger partial charge >= 0.3 is 0 Å². The SMILES string of the molecule is CC1(Oc2ccc3c(c2)NCCC3)CCNC1. The molecule has 0 radical (unpaired) electrons. The lowest BCUT2D eigenvalue weighted by Crippen LogP contribution is -2.34. The zero-order chi connectivity index (χ0) is 11.7. The fourth-order valence-corrected chi connectivity index (χ4v) is 2.67. The van der Waals surface area contributed by atoms with E-state index in [9.17, 15) is 0 Å². The Hall–Kier alpha value is -1.22. The summed E-state index contributed by atoms with van der Waals surface area (Å²) in [6.45, 7) is 5.26. The van der Waals surface area contributed by atoms with Crippen molar-refractivity contribution < 1.29 is 4.74 Å². The van der Waals surface area contributed by atoms with Gasteiger partial charge in [-0.15, -0.1) is 0 Å². The van der Waals surface area contributed by atoms with E-state index >= 15 is 0 Å². The Labute approximate surface area is 103 Å². The topological polar surface area (TPSA) is 33.3 Å². The minimum Gasteiger partial charge on any atom is -0.486 e. The Morgan fingerprint density at radius 3 is 3.06 bits per heavy atom. The first-order valence-corrected chi connectivity index (χ1v) is 6.52. The van der Waals surface area contributed by atoms with E-state index in [1.165, 1.54) is 24.1 Å². The first-order chi connectivity index (χ1) is 8.25. The van der Waals surface area contributed by atoms with Crippen LogP contribution >= 0.6 is 0 Å². The molecule has 1 aromatic carbocycles. The molecule has 0 bridgehead atoms. The van der Waals surface area contributed by atoms with Crippen LogP contribution in [-0.2, 0) is 6.42 Å². The van der Waals surface area contributed by atoms with Crippen LogP contribution in [0.5, 0.6) is 5.75 Å². The molecule has 2 aliphatic rings. The first-order valence-electron chi connectivity index (χ1n) is 6.52. The van der Waals surface area contributed by atoms with Crippen molar-refractivity contribution in [2.45, 2.75) is 31.8 Å². The Morgan fingerprint density at radius 1 is 1.29 bits per heavy atom. The third-order valence-corrected chi connectivity index (χ3v) is 3.71. The second kappa shape index (κ2) is 4.22. The zero-order valence-corrected chi connectivity index (χ0v) is 10.4. The van der Waals surface area contributed by atoms with Gasteiger partial charge in [0.25, 0.3) is 0 Å². The molecule has 0 saturated carbocycles. The standard InChI is InChI=1S/C14H20N2O/c1-14(6-8-15-10-14)17-12-5-4-11-3-2-7-16-13(11)9-12/h4-5,9,15-16H,2-3,6-8,10H2,1H3. The van der Waals surface area contributed by atoms with Crippen LogP contribution in [0.15, 0.2) is 18.2 Å². The molecule has 0 amide bonds. The highest BCUT2D eigenvalue weighted by molar-refractivity contribution is 5.56. The molecule has 3 nitrogen and oxygen atoms in total. The molecule has 1 saturated heterocycles. The highest BCUT2D eigenvalue weighted by Gasteiger charge is 2.30. The van der Waals surface area contributed by atoms with Crippen LogP contribution in [0.25, 0.3) is 0 Å². The van der Waals surface area contributed by atoms with Crippen molar-refractivity contribution in [2.75, 3.05) is 25.0 Å². The normalized spacial score (nSPS) is 27.4. The maximum absolute atomic E-state index is 6.13. The van der Waals surface area contributed by atoms with Crippen LogP contribution in [-0.4, -0.2) is 25.2 Å². The van der Waals surface area contributed by atoms with E-state index in [1.54, 1.807) is 0 Å². The molecule has 2 aliphatic heterocycles. The molecule has 1 atom stereocenters. The number of ether oxygens (including phenoxy) is 1. The fraction of sp³-hybridized carbons (Fsp3) is 0.571. The summed E-state index contributed by atoms with van der Waals surface area (Å²) in [7, 11) is 0. The monoisotopic (exact) mass is 232 g/mol. The minimum absolute atomic E-state index is 0.0388. The maximum Gasteiger partial charge on any atom is 0.122 e. The largest absolute Gasteiger partial charge is 0.486 e. The molecule has 0 spiro atoms. The summed E-state index contributed by atoms with van der Waals surface area (Å²) in [5.41, 5.74) is 2.63. The quantitative estimate of drug-likeness (QED) is 0.820. The van der Waals surface area contributed by atoms with Gasteiger partial charge in [0.1, 0.15) is 11.4 Å². The number of anilines is 1. The predicted octanol–water partition coefficient (Wildman–Crippen LogP) is 2.18. The van der Waals surface area contributed by atoms with Crippen molar-refractivity contribution in [3.8, 4) is 5.75 Å². The average Bonchev–Trinajstić information content (AvgIpc) is 2.76. The summed E-state index contributed by atoms with van der Waals surface area (Å²) in [5, 5.41) is 6.80. The van der Waals surface area contributed by atoms with E-state index in [0.717, 1.165) is 31.8 Å². The summed E-state index contributed by atoms with van der Waals surface area (Å²) in [4.78, 5) is 0. The maximum atomic E-state index is 6.13. The van der Waals surface area contributed by atoms with E-state index in [1.807, 2.05) is 0 Å². The fourth-order valence-electron chi connectivity index (χ4n) is 2.67. The highest BCUT2D eigenvalue weighted by atomic mass is 16.5. The molecular formula is C14H20N2O. The van der Waals surface area contributed by atoms with Gasteiger partial charge in [0.2, 0.25) is 0 Å². The molecule has 3 heteroatoms. The van der Waals surface area contributed by atoms with Crippen LogP contribution in [0, 0.1) is 0 Å². The smallest absolute Gasteiger partial charge is 0.122 e. The van der Waals surface area contributed by atoms with Crippen molar-refractivity contribution in [1.82, 2.24) is 5.32 Å². The molecule has 2 heterocycles. The van der Waals surface area contributed by atoms with E-state index < -0.39 is 0 Å². The predicted molar refractivity (Wildman–Crippen MR) is 69.8 cm³/mol. The second-order valence-electron chi connectivity index (χ2n) is 5.33. The number of aryl methyl sites for hydroxylation is 1. The lowest BCUT2D eigenvalue weighted by Gasteiger charge is -2.26. The molecule has 0 aliphatic carbocycles. The van der Waals surface area contributed by atoms with Gasteiger partial charge in [0.15, 0.2) is 0 Å². The lowest BCUT2D eigenvalue weighted by molar-refractivity contribution is 0.111. The van der Waals surface area contributed by atoms with Gasteiger partial charge in [0, 0.05) is 31.3 Å². The number of nitrogens with one attached hydrogen (secondary N) is 2. The van der Waals surface area contributed by atoms with Crippen molar-refractivity contribution >= 4 is 5.69 Å². The lowest BCUT2D eigenvalue weighted by atomic mass is 10.0. The molecule has 1 aromatic rings. The van der Waals surface area contributed by atoms with Crippen LogP contribution < -0.4 is 15.4 Å².